The van der Waals surface area contributed by atoms with Crippen molar-refractivity contribution in [2.75, 3.05) is 38.1 Å². The van der Waals surface area contributed by atoms with Gasteiger partial charge in [0, 0.05) is 18.8 Å². The molecule has 2 heterocycles. The quantitative estimate of drug-likeness (QED) is 0.422. The molecule has 222 valence electrons. The Kier molecular flexibility index (Phi) is 8.50. The van der Waals surface area contributed by atoms with Crippen molar-refractivity contribution in [2.45, 2.75) is 68.4 Å². The number of hydrogen-bond donors (Lipinski definition) is 1. The monoisotopic (exact) mass is 587 g/mol. The first-order chi connectivity index (χ1) is 20.3. The summed E-state index contributed by atoms with van der Waals surface area (Å²) in [5, 5.41) is 3.17. The summed E-state index contributed by atoms with van der Waals surface area (Å²) in [5.74, 6) is -0.0343. The van der Waals surface area contributed by atoms with Crippen molar-refractivity contribution in [1.82, 2.24) is 9.21 Å². The predicted octanol–water partition coefficient (Wildman–Crippen LogP) is 4.98. The molecular formula is C34H41N3O4S. The first-order valence-corrected chi connectivity index (χ1v) is 16.6. The predicted molar refractivity (Wildman–Crippen MR) is 165 cm³/mol. The zero-order valence-corrected chi connectivity index (χ0v) is 25.2. The highest BCUT2D eigenvalue weighted by atomic mass is 32.2. The smallest absolute Gasteiger partial charge is 0.243 e. The third-order valence-electron chi connectivity index (χ3n) is 9.03. The number of sulfonamides is 1. The Morgan fingerprint density at radius 3 is 2.55 bits per heavy atom. The number of likely N-dealkylation sites (tertiary alicyclic amines) is 1. The minimum Gasteiger partial charge on any atom is -0.371 e. The average molecular weight is 588 g/mol. The van der Waals surface area contributed by atoms with E-state index in [1.54, 1.807) is 16.4 Å². The lowest BCUT2D eigenvalue weighted by Crippen LogP contribution is -2.64. The maximum atomic E-state index is 14.1. The lowest BCUT2D eigenvalue weighted by Gasteiger charge is -2.50. The second-order valence-electron chi connectivity index (χ2n) is 12.2. The molecule has 0 unspecified atom stereocenters. The van der Waals surface area contributed by atoms with Crippen molar-refractivity contribution < 1.29 is 17.9 Å². The van der Waals surface area contributed by atoms with Crippen LogP contribution < -0.4 is 5.32 Å². The number of ether oxygens (including phenoxy) is 1. The normalized spacial score (nSPS) is 23.4. The van der Waals surface area contributed by atoms with E-state index >= 15 is 0 Å². The number of rotatable bonds is 7. The van der Waals surface area contributed by atoms with Crippen LogP contribution in [-0.2, 0) is 38.8 Å². The van der Waals surface area contributed by atoms with Gasteiger partial charge in [0.1, 0.15) is 0 Å². The summed E-state index contributed by atoms with van der Waals surface area (Å²) in [6, 6.07) is 23.0. The van der Waals surface area contributed by atoms with E-state index in [1.165, 1.54) is 17.5 Å². The SMILES string of the molecule is Cc1ccc(S(=O)(=O)N2C[C@@]3(CCCN(CC(=O)Nc4cccc5c4CCCC5)C3)OC[C@@H]2Cc2ccccc2)cc1. The summed E-state index contributed by atoms with van der Waals surface area (Å²) in [6.45, 7) is 4.10. The van der Waals surface area contributed by atoms with E-state index in [0.717, 1.165) is 55.5 Å². The van der Waals surface area contributed by atoms with Crippen molar-refractivity contribution in [3.63, 3.8) is 0 Å². The third kappa shape index (κ3) is 6.32. The van der Waals surface area contributed by atoms with E-state index in [0.29, 0.717) is 24.5 Å². The van der Waals surface area contributed by atoms with Gasteiger partial charge in [-0.05, 0) is 93.3 Å². The van der Waals surface area contributed by atoms with E-state index in [-0.39, 0.29) is 25.0 Å². The van der Waals surface area contributed by atoms with Gasteiger partial charge in [0.05, 0.1) is 29.7 Å². The molecule has 42 heavy (non-hydrogen) atoms. The van der Waals surface area contributed by atoms with E-state index < -0.39 is 15.6 Å². The van der Waals surface area contributed by atoms with Crippen molar-refractivity contribution in [3.8, 4) is 0 Å². The van der Waals surface area contributed by atoms with Gasteiger partial charge in [-0.1, -0.05) is 60.2 Å². The summed E-state index contributed by atoms with van der Waals surface area (Å²) in [7, 11) is -3.76. The second-order valence-corrected chi connectivity index (χ2v) is 14.1. The molecule has 2 atom stereocenters. The molecule has 2 aliphatic heterocycles. The molecule has 1 amide bonds. The molecule has 3 aromatic carbocycles. The summed E-state index contributed by atoms with van der Waals surface area (Å²) in [6.07, 6.45) is 6.60. The van der Waals surface area contributed by atoms with Gasteiger partial charge in [-0.2, -0.15) is 4.31 Å². The standard InChI is InChI=1S/C34H41N3O4S/c1-26-15-17-30(18-16-26)42(39,40)37-25-34(41-23-29(37)21-27-9-3-2-4-10-27)19-8-20-36(24-34)22-33(38)35-32-14-7-12-28-11-5-6-13-31(28)32/h2-4,7,9-10,12,14-18,29H,5-6,8,11,13,19-25H2,1H3,(H,35,38)/t29-,34-/m0/s1. The van der Waals surface area contributed by atoms with Gasteiger partial charge in [0.2, 0.25) is 15.9 Å². The zero-order valence-electron chi connectivity index (χ0n) is 24.4. The van der Waals surface area contributed by atoms with E-state index in [2.05, 4.69) is 16.3 Å². The van der Waals surface area contributed by atoms with Crippen LogP contribution in [0.3, 0.4) is 0 Å². The molecule has 3 aromatic rings. The first-order valence-electron chi connectivity index (χ1n) is 15.2. The minimum atomic E-state index is -3.76. The van der Waals surface area contributed by atoms with Crippen LogP contribution in [0, 0.1) is 6.92 Å². The van der Waals surface area contributed by atoms with Crippen LogP contribution in [-0.4, -0.2) is 68.0 Å². The van der Waals surface area contributed by atoms with Gasteiger partial charge in [-0.15, -0.1) is 0 Å². The van der Waals surface area contributed by atoms with Crippen molar-refractivity contribution >= 4 is 21.6 Å². The zero-order chi connectivity index (χ0) is 29.2. The molecule has 0 radical (unpaired) electrons. The number of carbonyl (C=O) groups excluding carboxylic acids is 1. The van der Waals surface area contributed by atoms with Crippen LogP contribution in [0.4, 0.5) is 5.69 Å². The van der Waals surface area contributed by atoms with Crippen LogP contribution in [0.1, 0.15) is 47.9 Å². The Labute approximate surface area is 249 Å². The molecule has 1 N–H and O–H groups in total. The summed E-state index contributed by atoms with van der Waals surface area (Å²) >= 11 is 0. The van der Waals surface area contributed by atoms with Gasteiger partial charge >= 0.3 is 0 Å². The van der Waals surface area contributed by atoms with Crippen LogP contribution in [0.2, 0.25) is 0 Å². The highest BCUT2D eigenvalue weighted by Crippen LogP contribution is 2.35. The topological polar surface area (TPSA) is 79.0 Å². The van der Waals surface area contributed by atoms with Crippen molar-refractivity contribution in [2.24, 2.45) is 0 Å². The van der Waals surface area contributed by atoms with Crippen LogP contribution in [0.5, 0.6) is 0 Å². The van der Waals surface area contributed by atoms with E-state index in [4.69, 9.17) is 4.74 Å². The number of fused-ring (bicyclic) bond motifs is 1. The number of nitrogens with zero attached hydrogens (tertiary/aromatic N) is 2. The Bertz CT molecular complexity index is 1510. The average Bonchev–Trinajstić information content (AvgIpc) is 2.99. The largest absolute Gasteiger partial charge is 0.371 e. The third-order valence-corrected chi connectivity index (χ3v) is 10.9. The molecule has 6 rings (SSSR count). The number of morpholine rings is 1. The van der Waals surface area contributed by atoms with Crippen LogP contribution >= 0.6 is 0 Å². The number of amides is 1. The molecule has 7 nitrogen and oxygen atoms in total. The van der Waals surface area contributed by atoms with E-state index in [9.17, 15) is 13.2 Å². The molecule has 2 saturated heterocycles. The Balaban J connectivity index is 1.19. The Hall–Kier alpha value is -3.04. The first kappa shape index (κ1) is 29.1. The van der Waals surface area contributed by atoms with Gasteiger partial charge in [0.25, 0.3) is 0 Å². The molecule has 0 saturated carbocycles. The van der Waals surface area contributed by atoms with Crippen LogP contribution in [0.15, 0.2) is 77.7 Å². The summed E-state index contributed by atoms with van der Waals surface area (Å²) in [5.41, 5.74) is 4.98. The highest BCUT2D eigenvalue weighted by Gasteiger charge is 2.47. The lowest BCUT2D eigenvalue weighted by atomic mass is 9.89. The van der Waals surface area contributed by atoms with Gasteiger partial charge in [-0.25, -0.2) is 8.42 Å². The maximum Gasteiger partial charge on any atom is 0.243 e. The summed E-state index contributed by atoms with van der Waals surface area (Å²) in [4.78, 5) is 15.7. The van der Waals surface area contributed by atoms with Crippen molar-refractivity contribution in [3.05, 3.63) is 95.1 Å². The van der Waals surface area contributed by atoms with Crippen molar-refractivity contribution in [1.29, 1.82) is 0 Å². The van der Waals surface area contributed by atoms with Gasteiger partial charge in [-0.3, -0.25) is 9.69 Å². The minimum absolute atomic E-state index is 0.0343. The molecule has 1 aliphatic carbocycles. The fourth-order valence-corrected chi connectivity index (χ4v) is 8.54. The molecule has 0 aromatic heterocycles. The number of anilines is 1. The lowest BCUT2D eigenvalue weighted by molar-refractivity contribution is -0.144. The highest BCUT2D eigenvalue weighted by molar-refractivity contribution is 7.89. The number of carbonyl (C=O) groups is 1. The summed E-state index contributed by atoms with van der Waals surface area (Å²) < 4.78 is 36.5. The molecule has 3 aliphatic rings. The fourth-order valence-electron chi connectivity index (χ4n) is 6.85. The van der Waals surface area contributed by atoms with E-state index in [1.807, 2.05) is 61.5 Å². The molecule has 8 heteroatoms. The Morgan fingerprint density at radius 1 is 0.952 bits per heavy atom. The number of nitrogens with one attached hydrogen (secondary N) is 1. The molecule has 2 fully saturated rings. The van der Waals surface area contributed by atoms with Gasteiger partial charge < -0.3 is 10.1 Å². The van der Waals surface area contributed by atoms with Gasteiger partial charge in [0.15, 0.2) is 0 Å². The Morgan fingerprint density at radius 2 is 1.74 bits per heavy atom. The second kappa shape index (κ2) is 12.3. The van der Waals surface area contributed by atoms with Crippen LogP contribution in [0.25, 0.3) is 0 Å². The number of hydrogen-bond acceptors (Lipinski definition) is 5. The fraction of sp³-hybridized carbons (Fsp3) is 0.441. The molecule has 0 bridgehead atoms. The molecular weight excluding hydrogens is 546 g/mol. The number of aryl methyl sites for hydroxylation is 2. The number of piperidine rings is 1. The maximum absolute atomic E-state index is 14.1. The number of benzene rings is 3. The molecule has 1 spiro atoms.